The summed E-state index contributed by atoms with van der Waals surface area (Å²) in [4.78, 5) is 13.5. The van der Waals surface area contributed by atoms with Crippen molar-refractivity contribution in [2.75, 3.05) is 17.7 Å². The smallest absolute Gasteiger partial charge is 0.341 e. The van der Waals surface area contributed by atoms with Crippen molar-refractivity contribution in [1.29, 1.82) is 0 Å². The molecular weight excluding hydrogens is 399 g/mol. The Morgan fingerprint density at radius 1 is 1.24 bits per heavy atom. The number of thiocarbonyl (C=S) groups is 1. The average molecular weight is 415 g/mol. The number of carbonyl (C=O) groups is 1. The van der Waals surface area contributed by atoms with Crippen LogP contribution in [0.3, 0.4) is 0 Å². The van der Waals surface area contributed by atoms with E-state index < -0.39 is 0 Å². The lowest BCUT2D eigenvalue weighted by molar-refractivity contribution is 0.0601. The second-order valence-electron chi connectivity index (χ2n) is 5.59. The largest absolute Gasteiger partial charge is 0.465 e. The van der Waals surface area contributed by atoms with Crippen LogP contribution in [0.15, 0.2) is 18.2 Å². The number of fused-ring (bicyclic) bond motifs is 1. The number of methoxy groups -OCH3 is 1. The Balaban J connectivity index is 1.84. The van der Waals surface area contributed by atoms with Gasteiger partial charge in [0.1, 0.15) is 5.00 Å². The molecule has 0 unspecified atom stereocenters. The van der Waals surface area contributed by atoms with Crippen LogP contribution in [0.2, 0.25) is 10.0 Å². The Bertz CT molecular complexity index is 836. The van der Waals surface area contributed by atoms with E-state index in [1.165, 1.54) is 12.0 Å². The maximum Gasteiger partial charge on any atom is 0.341 e. The molecule has 0 saturated carbocycles. The van der Waals surface area contributed by atoms with Crippen molar-refractivity contribution >= 4 is 68.5 Å². The first-order chi connectivity index (χ1) is 12.0. The molecule has 0 spiro atoms. The lowest BCUT2D eigenvalue weighted by Gasteiger charge is -2.13. The van der Waals surface area contributed by atoms with Crippen LogP contribution in [0.25, 0.3) is 0 Å². The molecule has 0 bridgehead atoms. The molecule has 1 aliphatic rings. The van der Waals surface area contributed by atoms with Gasteiger partial charge in [-0.15, -0.1) is 11.3 Å². The predicted octanol–water partition coefficient (Wildman–Crippen LogP) is 5.53. The molecule has 1 aromatic carbocycles. The van der Waals surface area contributed by atoms with E-state index in [-0.39, 0.29) is 5.97 Å². The fraction of sp³-hybridized carbons (Fsp3) is 0.294. The van der Waals surface area contributed by atoms with Crippen LogP contribution in [-0.2, 0) is 17.6 Å². The second-order valence-corrected chi connectivity index (χ2v) is 7.89. The van der Waals surface area contributed by atoms with Gasteiger partial charge in [-0.2, -0.15) is 0 Å². The Morgan fingerprint density at radius 3 is 2.76 bits per heavy atom. The summed E-state index contributed by atoms with van der Waals surface area (Å²) in [5.41, 5.74) is 2.27. The first-order valence-corrected chi connectivity index (χ1v) is 9.74. The number of ether oxygens (including phenoxy) is 1. The molecule has 4 nitrogen and oxygen atoms in total. The predicted molar refractivity (Wildman–Crippen MR) is 109 cm³/mol. The monoisotopic (exact) mass is 414 g/mol. The molecule has 2 aromatic rings. The lowest BCUT2D eigenvalue weighted by atomic mass is 9.95. The fourth-order valence-electron chi connectivity index (χ4n) is 2.83. The molecule has 0 amide bonds. The van der Waals surface area contributed by atoms with Crippen LogP contribution in [0.1, 0.15) is 33.6 Å². The quantitative estimate of drug-likeness (QED) is 0.510. The van der Waals surface area contributed by atoms with Crippen molar-refractivity contribution in [2.24, 2.45) is 0 Å². The number of esters is 1. The first-order valence-electron chi connectivity index (χ1n) is 7.76. The van der Waals surface area contributed by atoms with E-state index in [2.05, 4.69) is 10.6 Å². The molecule has 8 heteroatoms. The molecule has 1 aliphatic carbocycles. The molecule has 132 valence electrons. The van der Waals surface area contributed by atoms with Gasteiger partial charge in [-0.25, -0.2) is 4.79 Å². The number of thiophene rings is 1. The number of nitrogens with one attached hydrogen (secondary N) is 2. The maximum atomic E-state index is 12.2. The summed E-state index contributed by atoms with van der Waals surface area (Å²) >= 11 is 19.1. The van der Waals surface area contributed by atoms with Crippen molar-refractivity contribution in [3.05, 3.63) is 44.2 Å². The molecule has 0 atom stereocenters. The Kier molecular flexibility index (Phi) is 5.84. The summed E-state index contributed by atoms with van der Waals surface area (Å²) < 4.78 is 4.96. The van der Waals surface area contributed by atoms with Gasteiger partial charge in [0, 0.05) is 4.88 Å². The van der Waals surface area contributed by atoms with Crippen molar-refractivity contribution < 1.29 is 9.53 Å². The van der Waals surface area contributed by atoms with Gasteiger partial charge in [-0.05, 0) is 55.6 Å². The van der Waals surface area contributed by atoms with E-state index in [0.717, 1.165) is 31.2 Å². The average Bonchev–Trinajstić information content (AvgIpc) is 2.96. The molecule has 25 heavy (non-hydrogen) atoms. The molecule has 0 aliphatic heterocycles. The molecule has 3 rings (SSSR count). The van der Waals surface area contributed by atoms with Crippen molar-refractivity contribution in [1.82, 2.24) is 0 Å². The first kappa shape index (κ1) is 18.5. The number of hydrogen-bond acceptors (Lipinski definition) is 4. The van der Waals surface area contributed by atoms with Crippen LogP contribution in [0, 0.1) is 0 Å². The standard InChI is InChI=1S/C17H16Cl2N2O2S2/c1-23-16(22)13-9-5-2-3-8-12(9)25-15(13)21-17(24)20-11-7-4-6-10(18)14(11)19/h4,6-7H,2-3,5,8H2,1H3,(H2,20,21,24). The SMILES string of the molecule is COC(=O)c1c(NC(=S)Nc2cccc(Cl)c2Cl)sc2c1CCCC2. The summed E-state index contributed by atoms with van der Waals surface area (Å²) in [6.07, 6.45) is 4.08. The van der Waals surface area contributed by atoms with Gasteiger partial charge >= 0.3 is 5.97 Å². The van der Waals surface area contributed by atoms with Crippen LogP contribution in [0.4, 0.5) is 10.7 Å². The molecule has 0 saturated heterocycles. The van der Waals surface area contributed by atoms with Crippen LogP contribution in [0.5, 0.6) is 0 Å². The molecule has 1 heterocycles. The van der Waals surface area contributed by atoms with Gasteiger partial charge in [0.05, 0.1) is 28.4 Å². The fourth-order valence-corrected chi connectivity index (χ4v) is 4.74. The van der Waals surface area contributed by atoms with Crippen molar-refractivity contribution in [3.8, 4) is 0 Å². The summed E-state index contributed by atoms with van der Waals surface area (Å²) in [5.74, 6) is -0.342. The summed E-state index contributed by atoms with van der Waals surface area (Å²) in [6.45, 7) is 0. The van der Waals surface area contributed by atoms with E-state index in [1.54, 1.807) is 29.5 Å². The topological polar surface area (TPSA) is 50.4 Å². The zero-order valence-electron chi connectivity index (χ0n) is 13.4. The highest BCUT2D eigenvalue weighted by Gasteiger charge is 2.26. The number of anilines is 2. The minimum absolute atomic E-state index is 0.341. The minimum atomic E-state index is -0.342. The Morgan fingerprint density at radius 2 is 2.00 bits per heavy atom. The van der Waals surface area contributed by atoms with E-state index in [9.17, 15) is 4.79 Å². The molecular formula is C17H16Cl2N2O2S2. The highest BCUT2D eigenvalue weighted by Crippen LogP contribution is 2.38. The Hall–Kier alpha value is -1.34. The number of carbonyl (C=O) groups excluding carboxylic acids is 1. The number of hydrogen-bond donors (Lipinski definition) is 2. The number of halogens is 2. The van der Waals surface area contributed by atoms with Crippen molar-refractivity contribution in [3.63, 3.8) is 0 Å². The van der Waals surface area contributed by atoms with E-state index in [1.807, 2.05) is 0 Å². The summed E-state index contributed by atoms with van der Waals surface area (Å²) in [7, 11) is 1.39. The van der Waals surface area contributed by atoms with Gasteiger partial charge in [-0.3, -0.25) is 0 Å². The normalized spacial score (nSPS) is 13.1. The minimum Gasteiger partial charge on any atom is -0.465 e. The highest BCUT2D eigenvalue weighted by atomic mass is 35.5. The van der Waals surface area contributed by atoms with Gasteiger partial charge in [0.2, 0.25) is 0 Å². The number of aryl methyl sites for hydroxylation is 1. The molecule has 2 N–H and O–H groups in total. The van der Waals surface area contributed by atoms with E-state index in [4.69, 9.17) is 40.2 Å². The highest BCUT2D eigenvalue weighted by molar-refractivity contribution is 7.80. The molecule has 0 radical (unpaired) electrons. The van der Waals surface area contributed by atoms with E-state index in [0.29, 0.717) is 31.4 Å². The Labute approximate surface area is 165 Å². The van der Waals surface area contributed by atoms with Crippen LogP contribution >= 0.6 is 46.8 Å². The molecule has 0 fully saturated rings. The maximum absolute atomic E-state index is 12.2. The lowest BCUT2D eigenvalue weighted by Crippen LogP contribution is -2.20. The van der Waals surface area contributed by atoms with Crippen molar-refractivity contribution in [2.45, 2.75) is 25.7 Å². The zero-order valence-corrected chi connectivity index (χ0v) is 16.6. The van der Waals surface area contributed by atoms with E-state index >= 15 is 0 Å². The third-order valence-electron chi connectivity index (χ3n) is 3.99. The van der Waals surface area contributed by atoms with Gasteiger partial charge < -0.3 is 15.4 Å². The van der Waals surface area contributed by atoms with Crippen LogP contribution < -0.4 is 10.6 Å². The summed E-state index contributed by atoms with van der Waals surface area (Å²) in [6, 6.07) is 5.26. The number of rotatable bonds is 3. The van der Waals surface area contributed by atoms with Gasteiger partial charge in [0.15, 0.2) is 5.11 Å². The zero-order chi connectivity index (χ0) is 18.0. The van der Waals surface area contributed by atoms with Gasteiger partial charge in [0.25, 0.3) is 0 Å². The third kappa shape index (κ3) is 3.92. The third-order valence-corrected chi connectivity index (χ3v) is 6.22. The number of benzene rings is 1. The summed E-state index contributed by atoms with van der Waals surface area (Å²) in [5, 5.41) is 8.02. The van der Waals surface area contributed by atoms with Gasteiger partial charge in [-0.1, -0.05) is 29.3 Å². The van der Waals surface area contributed by atoms with Crippen LogP contribution in [-0.4, -0.2) is 18.2 Å². The second kappa shape index (κ2) is 7.91. The molecule has 1 aromatic heterocycles.